The molecule has 0 rings (SSSR count). The Morgan fingerprint density at radius 3 is 2.25 bits per heavy atom. The van der Waals surface area contributed by atoms with E-state index in [1.807, 2.05) is 0 Å². The summed E-state index contributed by atoms with van der Waals surface area (Å²) in [7, 11) is 0. The fourth-order valence-electron chi connectivity index (χ4n) is 1.16. The third-order valence-corrected chi connectivity index (χ3v) is 2.05. The molecule has 0 radical (unpaired) electrons. The summed E-state index contributed by atoms with van der Waals surface area (Å²) in [5.74, 6) is 1.15. The molecule has 1 N–H and O–H groups in total. The van der Waals surface area contributed by atoms with E-state index in [0.29, 0.717) is 5.92 Å². The van der Waals surface area contributed by atoms with Crippen LogP contribution in [0.4, 0.5) is 0 Å². The van der Waals surface area contributed by atoms with Gasteiger partial charge in [-0.15, -0.1) is 0 Å². The summed E-state index contributed by atoms with van der Waals surface area (Å²) in [5.41, 5.74) is 0. The molecule has 0 aromatic carbocycles. The van der Waals surface area contributed by atoms with Crippen LogP contribution < -0.4 is 0 Å². The second-order valence-electron chi connectivity index (χ2n) is 3.47. The van der Waals surface area contributed by atoms with Crippen molar-refractivity contribution in [3.8, 4) is 0 Å². The first-order valence-electron chi connectivity index (χ1n) is 4.96. The van der Waals surface area contributed by atoms with Crippen molar-refractivity contribution in [2.75, 3.05) is 13.1 Å². The molecule has 0 fully saturated rings. The molecule has 2 heteroatoms. The van der Waals surface area contributed by atoms with Gasteiger partial charge < -0.3 is 4.90 Å². The predicted octanol–water partition coefficient (Wildman–Crippen LogP) is 2.74. The fraction of sp³-hybridized carbons (Fsp3) is 0.900. The van der Waals surface area contributed by atoms with Gasteiger partial charge in [0.25, 0.3) is 0 Å². The van der Waals surface area contributed by atoms with Crippen molar-refractivity contribution in [2.45, 2.75) is 40.5 Å². The third kappa shape index (κ3) is 3.74. The Balaban J connectivity index is 3.88. The SMILES string of the molecule is CCCCN(CC)C(=N)C(C)C. The molecule has 2 nitrogen and oxygen atoms in total. The van der Waals surface area contributed by atoms with Gasteiger partial charge in [-0.3, -0.25) is 5.41 Å². The van der Waals surface area contributed by atoms with Crippen LogP contribution >= 0.6 is 0 Å². The van der Waals surface area contributed by atoms with Crippen molar-refractivity contribution >= 4 is 5.84 Å². The first-order valence-corrected chi connectivity index (χ1v) is 4.96. The highest BCUT2D eigenvalue weighted by Crippen LogP contribution is 2.03. The lowest BCUT2D eigenvalue weighted by molar-refractivity contribution is 0.406. The molecule has 0 aliphatic heterocycles. The van der Waals surface area contributed by atoms with E-state index in [1.54, 1.807) is 0 Å². The Bertz CT molecular complexity index is 130. The molecule has 0 atom stereocenters. The van der Waals surface area contributed by atoms with Crippen LogP contribution in [0.5, 0.6) is 0 Å². The first-order chi connectivity index (χ1) is 5.63. The van der Waals surface area contributed by atoms with Gasteiger partial charge in [0.1, 0.15) is 0 Å². The van der Waals surface area contributed by atoms with E-state index in [2.05, 4.69) is 32.6 Å². The molecule has 0 heterocycles. The molecule has 0 amide bonds. The number of amidine groups is 1. The molecule has 0 saturated heterocycles. The predicted molar refractivity (Wildman–Crippen MR) is 54.7 cm³/mol. The third-order valence-electron chi connectivity index (χ3n) is 2.05. The second-order valence-corrected chi connectivity index (χ2v) is 3.47. The number of hydrogen-bond donors (Lipinski definition) is 1. The zero-order valence-electron chi connectivity index (χ0n) is 8.85. The van der Waals surface area contributed by atoms with Crippen LogP contribution in [0, 0.1) is 11.3 Å². The quantitative estimate of drug-likeness (QED) is 0.498. The summed E-state index contributed by atoms with van der Waals surface area (Å²) in [4.78, 5) is 2.16. The maximum atomic E-state index is 7.81. The molecule has 0 aliphatic rings. The van der Waals surface area contributed by atoms with Gasteiger partial charge in [-0.25, -0.2) is 0 Å². The standard InChI is InChI=1S/C10H22N2/c1-5-7-8-12(6-2)10(11)9(3)4/h9,11H,5-8H2,1-4H3. The van der Waals surface area contributed by atoms with Crippen molar-refractivity contribution in [2.24, 2.45) is 5.92 Å². The minimum absolute atomic E-state index is 0.363. The average molecular weight is 170 g/mol. The van der Waals surface area contributed by atoms with E-state index >= 15 is 0 Å². The minimum atomic E-state index is 0.363. The van der Waals surface area contributed by atoms with Crippen LogP contribution in [0.1, 0.15) is 40.5 Å². The molecule has 0 bridgehead atoms. The van der Waals surface area contributed by atoms with Crippen LogP contribution in [0.25, 0.3) is 0 Å². The number of rotatable bonds is 5. The molecule has 0 aromatic rings. The van der Waals surface area contributed by atoms with Gasteiger partial charge in [0, 0.05) is 19.0 Å². The maximum absolute atomic E-state index is 7.81. The lowest BCUT2D eigenvalue weighted by Gasteiger charge is -2.25. The van der Waals surface area contributed by atoms with Crippen LogP contribution in [0.3, 0.4) is 0 Å². The Hall–Kier alpha value is -0.530. The zero-order valence-corrected chi connectivity index (χ0v) is 8.85. The van der Waals surface area contributed by atoms with Crippen molar-refractivity contribution in [3.63, 3.8) is 0 Å². The van der Waals surface area contributed by atoms with Crippen molar-refractivity contribution in [1.29, 1.82) is 5.41 Å². The Morgan fingerprint density at radius 2 is 1.92 bits per heavy atom. The topological polar surface area (TPSA) is 27.1 Å². The van der Waals surface area contributed by atoms with Crippen LogP contribution in [0.15, 0.2) is 0 Å². The highest BCUT2D eigenvalue weighted by molar-refractivity contribution is 5.80. The zero-order chi connectivity index (χ0) is 9.56. The van der Waals surface area contributed by atoms with E-state index in [4.69, 9.17) is 5.41 Å². The van der Waals surface area contributed by atoms with Gasteiger partial charge in [0.05, 0.1) is 5.84 Å². The van der Waals surface area contributed by atoms with Crippen LogP contribution in [-0.2, 0) is 0 Å². The van der Waals surface area contributed by atoms with Crippen LogP contribution in [-0.4, -0.2) is 23.8 Å². The number of unbranched alkanes of at least 4 members (excludes halogenated alkanes) is 1. The Kier molecular flexibility index (Phi) is 5.77. The molecule has 0 saturated carbocycles. The minimum Gasteiger partial charge on any atom is -0.361 e. The molecule has 12 heavy (non-hydrogen) atoms. The lowest BCUT2D eigenvalue weighted by Crippen LogP contribution is -2.34. The lowest BCUT2D eigenvalue weighted by atomic mass is 10.1. The summed E-state index contributed by atoms with van der Waals surface area (Å²) in [6.45, 7) is 10.5. The summed E-state index contributed by atoms with van der Waals surface area (Å²) in [5, 5.41) is 7.81. The maximum Gasteiger partial charge on any atom is 0.0983 e. The van der Waals surface area contributed by atoms with Gasteiger partial charge >= 0.3 is 0 Å². The molecule has 0 aromatic heterocycles. The second kappa shape index (κ2) is 6.04. The van der Waals surface area contributed by atoms with E-state index in [-0.39, 0.29) is 0 Å². The van der Waals surface area contributed by atoms with Gasteiger partial charge in [-0.05, 0) is 13.3 Å². The largest absolute Gasteiger partial charge is 0.361 e. The van der Waals surface area contributed by atoms with Gasteiger partial charge in [-0.1, -0.05) is 27.2 Å². The summed E-state index contributed by atoms with van der Waals surface area (Å²) < 4.78 is 0. The Labute approximate surface area is 76.5 Å². The molecule has 72 valence electrons. The fourth-order valence-corrected chi connectivity index (χ4v) is 1.16. The summed E-state index contributed by atoms with van der Waals surface area (Å²) in [6.07, 6.45) is 2.41. The van der Waals surface area contributed by atoms with Gasteiger partial charge in [0.2, 0.25) is 0 Å². The molecule has 0 unspecified atom stereocenters. The molecular formula is C10H22N2. The van der Waals surface area contributed by atoms with Crippen molar-refractivity contribution in [3.05, 3.63) is 0 Å². The first kappa shape index (κ1) is 11.5. The highest BCUT2D eigenvalue weighted by atomic mass is 15.2. The highest BCUT2D eigenvalue weighted by Gasteiger charge is 2.09. The normalized spacial score (nSPS) is 10.4. The number of nitrogens with one attached hydrogen (secondary N) is 1. The van der Waals surface area contributed by atoms with Gasteiger partial charge in [0.15, 0.2) is 0 Å². The average Bonchev–Trinajstić information content (AvgIpc) is 2.05. The van der Waals surface area contributed by atoms with Gasteiger partial charge in [-0.2, -0.15) is 0 Å². The van der Waals surface area contributed by atoms with Crippen molar-refractivity contribution in [1.82, 2.24) is 4.90 Å². The van der Waals surface area contributed by atoms with E-state index in [0.717, 1.165) is 18.9 Å². The van der Waals surface area contributed by atoms with E-state index in [9.17, 15) is 0 Å². The molecular weight excluding hydrogens is 148 g/mol. The molecule has 0 spiro atoms. The summed E-state index contributed by atoms with van der Waals surface area (Å²) >= 11 is 0. The number of nitrogens with zero attached hydrogens (tertiary/aromatic N) is 1. The van der Waals surface area contributed by atoms with Crippen molar-refractivity contribution < 1.29 is 0 Å². The smallest absolute Gasteiger partial charge is 0.0983 e. The van der Waals surface area contributed by atoms with E-state index in [1.165, 1.54) is 12.8 Å². The number of hydrogen-bond acceptors (Lipinski definition) is 1. The van der Waals surface area contributed by atoms with E-state index < -0.39 is 0 Å². The molecule has 0 aliphatic carbocycles. The van der Waals surface area contributed by atoms with Crippen LogP contribution in [0.2, 0.25) is 0 Å². The monoisotopic (exact) mass is 170 g/mol. The summed E-state index contributed by atoms with van der Waals surface area (Å²) in [6, 6.07) is 0. The Morgan fingerprint density at radius 1 is 1.33 bits per heavy atom.